The van der Waals surface area contributed by atoms with Crippen molar-refractivity contribution < 1.29 is 31.4 Å². The Balaban J connectivity index is 1.44. The van der Waals surface area contributed by atoms with Crippen LogP contribution in [0.2, 0.25) is 0 Å². The highest BCUT2D eigenvalue weighted by Gasteiger charge is 2.23. The maximum atomic E-state index is 14.8. The molecule has 184 valence electrons. The molecule has 0 bridgehead atoms. The van der Waals surface area contributed by atoms with Gasteiger partial charge in [-0.15, -0.1) is 0 Å². The van der Waals surface area contributed by atoms with Gasteiger partial charge in [0.25, 0.3) is 0 Å². The molecular weight excluding hydrogens is 463 g/mol. The van der Waals surface area contributed by atoms with Crippen molar-refractivity contribution in [3.8, 4) is 11.5 Å². The van der Waals surface area contributed by atoms with E-state index >= 15 is 0 Å². The third-order valence-electron chi connectivity index (χ3n) is 6.26. The Morgan fingerprint density at radius 2 is 1.66 bits per heavy atom. The minimum Gasteiger partial charge on any atom is -0.491 e. The zero-order chi connectivity index (χ0) is 25.1. The van der Waals surface area contributed by atoms with Gasteiger partial charge in [0.1, 0.15) is 18.2 Å². The van der Waals surface area contributed by atoms with E-state index in [1.165, 1.54) is 25.1 Å². The molecule has 1 unspecified atom stereocenters. The average molecular weight is 488 g/mol. The van der Waals surface area contributed by atoms with E-state index in [1.807, 2.05) is 6.08 Å². The number of allylic oxidation sites excluding steroid dienone is 2. The highest BCUT2D eigenvalue weighted by Crippen LogP contribution is 2.39. The number of halogens is 5. The Bertz CT molecular complexity index is 1270. The van der Waals surface area contributed by atoms with Gasteiger partial charge in [0.05, 0.1) is 6.61 Å². The van der Waals surface area contributed by atoms with Crippen molar-refractivity contribution in [2.24, 2.45) is 0 Å². The SMILES string of the molecule is CCOc1ccc(COc2ccc(C3=CCC(c4ccc(C)c(F)c4F)CC3)c(F)c2)c(F)c1F. The fourth-order valence-corrected chi connectivity index (χ4v) is 4.29. The molecule has 4 rings (SSSR count). The maximum absolute atomic E-state index is 14.8. The summed E-state index contributed by atoms with van der Waals surface area (Å²) in [4.78, 5) is 0. The molecule has 0 aliphatic heterocycles. The molecule has 0 spiro atoms. The lowest BCUT2D eigenvalue weighted by Crippen LogP contribution is -2.08. The van der Waals surface area contributed by atoms with Crippen LogP contribution in [0.15, 0.2) is 48.5 Å². The van der Waals surface area contributed by atoms with E-state index in [2.05, 4.69) is 0 Å². The standard InChI is InChI=1S/C28H25F5O2/c1-3-34-24-13-9-19(26(31)28(24)33)15-35-20-10-12-21(23(29)14-20)17-5-7-18(8-6-17)22-11-4-16(2)25(30)27(22)32/h4-5,9-14,18H,3,6-8,15H2,1-2H3. The molecule has 1 atom stereocenters. The Hall–Kier alpha value is -3.35. The first-order valence-corrected chi connectivity index (χ1v) is 11.5. The van der Waals surface area contributed by atoms with Crippen LogP contribution in [0.5, 0.6) is 11.5 Å². The Morgan fingerprint density at radius 1 is 0.857 bits per heavy atom. The van der Waals surface area contributed by atoms with E-state index in [1.54, 1.807) is 31.2 Å². The highest BCUT2D eigenvalue weighted by atomic mass is 19.2. The molecule has 0 amide bonds. The normalized spacial score (nSPS) is 15.6. The molecule has 1 aliphatic rings. The first-order chi connectivity index (χ1) is 16.8. The lowest BCUT2D eigenvalue weighted by Gasteiger charge is -2.23. The summed E-state index contributed by atoms with van der Waals surface area (Å²) in [5.74, 6) is -4.50. The molecule has 0 aromatic heterocycles. The van der Waals surface area contributed by atoms with E-state index in [-0.39, 0.29) is 41.8 Å². The summed E-state index contributed by atoms with van der Waals surface area (Å²) < 4.78 is 81.9. The van der Waals surface area contributed by atoms with Crippen molar-refractivity contribution in [2.75, 3.05) is 6.61 Å². The van der Waals surface area contributed by atoms with E-state index < -0.39 is 29.1 Å². The lowest BCUT2D eigenvalue weighted by atomic mass is 9.82. The number of ether oxygens (including phenoxy) is 2. The molecule has 3 aromatic carbocycles. The summed E-state index contributed by atoms with van der Waals surface area (Å²) in [6.07, 6.45) is 3.39. The van der Waals surface area contributed by atoms with E-state index in [0.717, 1.165) is 5.57 Å². The van der Waals surface area contributed by atoms with Gasteiger partial charge in [-0.3, -0.25) is 0 Å². The molecule has 0 radical (unpaired) electrons. The summed E-state index contributed by atoms with van der Waals surface area (Å²) in [7, 11) is 0. The first-order valence-electron chi connectivity index (χ1n) is 11.5. The van der Waals surface area contributed by atoms with Crippen molar-refractivity contribution in [3.05, 3.63) is 99.9 Å². The Kier molecular flexibility index (Phi) is 7.43. The predicted octanol–water partition coefficient (Wildman–Crippen LogP) is 8.02. The van der Waals surface area contributed by atoms with E-state index in [9.17, 15) is 22.0 Å². The molecule has 0 fully saturated rings. The van der Waals surface area contributed by atoms with Crippen LogP contribution in [-0.2, 0) is 6.61 Å². The molecule has 1 aliphatic carbocycles. The molecule has 3 aromatic rings. The highest BCUT2D eigenvalue weighted by molar-refractivity contribution is 5.67. The third kappa shape index (κ3) is 5.19. The molecule has 7 heteroatoms. The second-order valence-electron chi connectivity index (χ2n) is 8.51. The molecule has 35 heavy (non-hydrogen) atoms. The number of aryl methyl sites for hydroxylation is 1. The number of hydrogen-bond acceptors (Lipinski definition) is 2. The smallest absolute Gasteiger partial charge is 0.201 e. The molecule has 0 heterocycles. The summed E-state index contributed by atoms with van der Waals surface area (Å²) in [5, 5.41) is 0. The zero-order valence-electron chi connectivity index (χ0n) is 19.4. The minimum atomic E-state index is -1.09. The molecule has 0 N–H and O–H groups in total. The first kappa shape index (κ1) is 24.8. The molecular formula is C28H25F5O2. The lowest BCUT2D eigenvalue weighted by molar-refractivity contribution is 0.288. The topological polar surface area (TPSA) is 18.5 Å². The van der Waals surface area contributed by atoms with Crippen molar-refractivity contribution in [2.45, 2.75) is 45.6 Å². The van der Waals surface area contributed by atoms with Gasteiger partial charge in [0, 0.05) is 17.2 Å². The second-order valence-corrected chi connectivity index (χ2v) is 8.51. The van der Waals surface area contributed by atoms with Gasteiger partial charge in [0.2, 0.25) is 5.82 Å². The quantitative estimate of drug-likeness (QED) is 0.314. The van der Waals surface area contributed by atoms with Crippen LogP contribution < -0.4 is 9.47 Å². The molecule has 0 saturated heterocycles. The fraction of sp³-hybridized carbons (Fsp3) is 0.286. The Labute approximate surface area is 201 Å². The van der Waals surface area contributed by atoms with Crippen LogP contribution in [0.25, 0.3) is 5.57 Å². The average Bonchev–Trinajstić information content (AvgIpc) is 2.85. The van der Waals surface area contributed by atoms with Gasteiger partial charge in [-0.25, -0.2) is 17.6 Å². The van der Waals surface area contributed by atoms with Crippen molar-refractivity contribution in [1.82, 2.24) is 0 Å². The monoisotopic (exact) mass is 488 g/mol. The van der Waals surface area contributed by atoms with Crippen LogP contribution >= 0.6 is 0 Å². The number of rotatable bonds is 7. The van der Waals surface area contributed by atoms with E-state index in [4.69, 9.17) is 9.47 Å². The van der Waals surface area contributed by atoms with Crippen LogP contribution in [0.4, 0.5) is 22.0 Å². The number of hydrogen-bond donors (Lipinski definition) is 0. The third-order valence-corrected chi connectivity index (χ3v) is 6.26. The molecule has 2 nitrogen and oxygen atoms in total. The summed E-state index contributed by atoms with van der Waals surface area (Å²) in [6, 6.07) is 10.2. The van der Waals surface area contributed by atoms with Gasteiger partial charge in [-0.2, -0.15) is 4.39 Å². The number of benzene rings is 3. The molecule has 0 saturated carbocycles. The summed E-state index contributed by atoms with van der Waals surface area (Å²) in [6.45, 7) is 3.11. The van der Waals surface area contributed by atoms with Crippen LogP contribution in [0, 0.1) is 36.0 Å². The van der Waals surface area contributed by atoms with Crippen LogP contribution in [0.1, 0.15) is 54.4 Å². The second kappa shape index (κ2) is 10.5. The van der Waals surface area contributed by atoms with Gasteiger partial charge in [-0.05, 0) is 80.0 Å². The van der Waals surface area contributed by atoms with Gasteiger partial charge < -0.3 is 9.47 Å². The largest absolute Gasteiger partial charge is 0.491 e. The summed E-state index contributed by atoms with van der Waals surface area (Å²) in [5.41, 5.74) is 1.75. The zero-order valence-corrected chi connectivity index (χ0v) is 19.4. The van der Waals surface area contributed by atoms with Gasteiger partial charge in [-0.1, -0.05) is 18.2 Å². The van der Waals surface area contributed by atoms with Crippen molar-refractivity contribution >= 4 is 5.57 Å². The van der Waals surface area contributed by atoms with E-state index in [0.29, 0.717) is 30.4 Å². The van der Waals surface area contributed by atoms with Crippen molar-refractivity contribution in [1.29, 1.82) is 0 Å². The van der Waals surface area contributed by atoms with Crippen LogP contribution in [0.3, 0.4) is 0 Å². The summed E-state index contributed by atoms with van der Waals surface area (Å²) >= 11 is 0. The maximum Gasteiger partial charge on any atom is 0.201 e. The minimum absolute atomic E-state index is 0.0174. The van der Waals surface area contributed by atoms with Crippen molar-refractivity contribution in [3.63, 3.8) is 0 Å². The Morgan fingerprint density at radius 3 is 2.34 bits per heavy atom. The van der Waals surface area contributed by atoms with Gasteiger partial charge in [0.15, 0.2) is 23.2 Å². The van der Waals surface area contributed by atoms with Crippen LogP contribution in [-0.4, -0.2) is 6.61 Å². The predicted molar refractivity (Wildman–Crippen MR) is 124 cm³/mol. The fourth-order valence-electron chi connectivity index (χ4n) is 4.29. The van der Waals surface area contributed by atoms with Gasteiger partial charge >= 0.3 is 0 Å².